The number of carboxylic acids is 1. The molecule has 2 aromatic rings. The first-order chi connectivity index (χ1) is 11.7. The SMILES string of the molecule is CC(Oc1ccc(Cl)cc1Cl)C(=O)Nc1cc(C(=O)O)c(Cl)cc1Cl. The molecule has 0 fully saturated rings. The minimum absolute atomic E-state index is 0.0345. The predicted octanol–water partition coefficient (Wildman–Crippen LogP) is 5.40. The maximum Gasteiger partial charge on any atom is 0.337 e. The minimum atomic E-state index is -1.24. The van der Waals surface area contributed by atoms with Gasteiger partial charge in [0.25, 0.3) is 5.91 Å². The second-order valence-corrected chi connectivity index (χ2v) is 6.60. The molecule has 0 aromatic heterocycles. The molecule has 132 valence electrons. The standard InChI is InChI=1S/C16H11Cl4NO4/c1-7(25-14-3-2-8(17)4-12(14)20)15(22)21-13-5-9(16(23)24)10(18)6-11(13)19/h2-7H,1H3,(H,21,22)(H,23,24). The molecule has 0 aliphatic rings. The highest BCUT2D eigenvalue weighted by Gasteiger charge is 2.19. The lowest BCUT2D eigenvalue weighted by Crippen LogP contribution is -2.30. The Morgan fingerprint density at radius 3 is 2.32 bits per heavy atom. The van der Waals surface area contributed by atoms with Crippen LogP contribution >= 0.6 is 46.4 Å². The van der Waals surface area contributed by atoms with Gasteiger partial charge in [0.15, 0.2) is 6.10 Å². The summed E-state index contributed by atoms with van der Waals surface area (Å²) in [6, 6.07) is 7.00. The summed E-state index contributed by atoms with van der Waals surface area (Å²) in [6.45, 7) is 1.50. The fourth-order valence-corrected chi connectivity index (χ4v) is 2.82. The van der Waals surface area contributed by atoms with Crippen LogP contribution in [0.2, 0.25) is 20.1 Å². The number of aromatic carboxylic acids is 1. The smallest absolute Gasteiger partial charge is 0.337 e. The van der Waals surface area contributed by atoms with Crippen molar-refractivity contribution in [1.29, 1.82) is 0 Å². The average Bonchev–Trinajstić information content (AvgIpc) is 2.52. The summed E-state index contributed by atoms with van der Waals surface area (Å²) >= 11 is 23.6. The third-order valence-electron chi connectivity index (χ3n) is 3.11. The molecule has 0 aliphatic heterocycles. The molecule has 0 saturated carbocycles. The molecule has 2 aromatic carbocycles. The molecule has 0 radical (unpaired) electrons. The monoisotopic (exact) mass is 421 g/mol. The quantitative estimate of drug-likeness (QED) is 0.675. The highest BCUT2D eigenvalue weighted by molar-refractivity contribution is 6.38. The van der Waals surface area contributed by atoms with Crippen LogP contribution in [0.25, 0.3) is 0 Å². The molecule has 2 rings (SSSR count). The van der Waals surface area contributed by atoms with Gasteiger partial charge in [0.2, 0.25) is 0 Å². The Morgan fingerprint density at radius 1 is 1.04 bits per heavy atom. The van der Waals surface area contributed by atoms with E-state index in [-0.39, 0.29) is 32.1 Å². The number of carbonyl (C=O) groups excluding carboxylic acids is 1. The summed E-state index contributed by atoms with van der Waals surface area (Å²) in [5.41, 5.74) is -0.0817. The molecule has 0 heterocycles. The van der Waals surface area contributed by atoms with Crippen LogP contribution in [-0.2, 0) is 4.79 Å². The number of nitrogens with one attached hydrogen (secondary N) is 1. The number of hydrogen-bond donors (Lipinski definition) is 2. The molecule has 1 atom stereocenters. The third kappa shape index (κ3) is 4.92. The van der Waals surface area contributed by atoms with Crippen molar-refractivity contribution in [3.63, 3.8) is 0 Å². The van der Waals surface area contributed by atoms with Crippen LogP contribution in [0.15, 0.2) is 30.3 Å². The molecule has 1 amide bonds. The van der Waals surface area contributed by atoms with Gasteiger partial charge >= 0.3 is 5.97 Å². The van der Waals surface area contributed by atoms with Gasteiger partial charge in [-0.15, -0.1) is 0 Å². The van der Waals surface area contributed by atoms with Crippen molar-refractivity contribution in [2.75, 3.05) is 5.32 Å². The molecule has 25 heavy (non-hydrogen) atoms. The van der Waals surface area contributed by atoms with Gasteiger partial charge < -0.3 is 15.2 Å². The van der Waals surface area contributed by atoms with E-state index in [2.05, 4.69) is 5.32 Å². The lowest BCUT2D eigenvalue weighted by atomic mass is 10.2. The molecule has 1 unspecified atom stereocenters. The summed E-state index contributed by atoms with van der Waals surface area (Å²) in [5.74, 6) is -1.51. The van der Waals surface area contributed by atoms with Crippen LogP contribution in [-0.4, -0.2) is 23.1 Å². The molecular formula is C16H11Cl4NO4. The predicted molar refractivity (Wildman–Crippen MR) is 98.6 cm³/mol. The van der Waals surface area contributed by atoms with Crippen molar-refractivity contribution in [2.24, 2.45) is 0 Å². The van der Waals surface area contributed by atoms with E-state index in [4.69, 9.17) is 56.2 Å². The van der Waals surface area contributed by atoms with Crippen LogP contribution in [0.3, 0.4) is 0 Å². The van der Waals surface area contributed by atoms with Crippen LogP contribution in [0.4, 0.5) is 5.69 Å². The topological polar surface area (TPSA) is 75.6 Å². The van der Waals surface area contributed by atoms with E-state index in [9.17, 15) is 9.59 Å². The molecule has 0 aliphatic carbocycles. The molecule has 0 saturated heterocycles. The summed E-state index contributed by atoms with van der Waals surface area (Å²) in [4.78, 5) is 23.4. The number of amides is 1. The van der Waals surface area contributed by atoms with E-state index >= 15 is 0 Å². The second-order valence-electron chi connectivity index (χ2n) is 4.94. The van der Waals surface area contributed by atoms with Crippen LogP contribution in [0.5, 0.6) is 5.75 Å². The Labute approximate surface area is 163 Å². The summed E-state index contributed by atoms with van der Waals surface area (Å²) < 4.78 is 5.49. The van der Waals surface area contributed by atoms with Crippen LogP contribution in [0.1, 0.15) is 17.3 Å². The number of halogens is 4. The molecule has 0 bridgehead atoms. The Bertz CT molecular complexity index is 841. The number of ether oxygens (including phenoxy) is 1. The first-order valence-electron chi connectivity index (χ1n) is 6.84. The van der Waals surface area contributed by atoms with E-state index in [0.717, 1.165) is 0 Å². The number of benzene rings is 2. The van der Waals surface area contributed by atoms with Crippen LogP contribution < -0.4 is 10.1 Å². The zero-order valence-electron chi connectivity index (χ0n) is 12.6. The molecule has 0 spiro atoms. The lowest BCUT2D eigenvalue weighted by molar-refractivity contribution is -0.122. The second kappa shape index (κ2) is 8.15. The first-order valence-corrected chi connectivity index (χ1v) is 8.35. The van der Waals surface area contributed by atoms with Crippen molar-refractivity contribution in [2.45, 2.75) is 13.0 Å². The number of carbonyl (C=O) groups is 2. The average molecular weight is 423 g/mol. The van der Waals surface area contributed by atoms with Gasteiger partial charge in [-0.3, -0.25) is 4.79 Å². The van der Waals surface area contributed by atoms with Crippen LogP contribution in [0, 0.1) is 0 Å². The Morgan fingerprint density at radius 2 is 1.72 bits per heavy atom. The number of carboxylic acid groups (broad SMARTS) is 1. The van der Waals surface area contributed by atoms with E-state index in [0.29, 0.717) is 5.02 Å². The van der Waals surface area contributed by atoms with Crippen molar-refractivity contribution in [1.82, 2.24) is 0 Å². The fourth-order valence-electron chi connectivity index (χ4n) is 1.86. The Balaban J connectivity index is 2.16. The van der Waals surface area contributed by atoms with Gasteiger partial charge in [-0.1, -0.05) is 46.4 Å². The Hall–Kier alpha value is -1.66. The van der Waals surface area contributed by atoms with E-state index in [1.54, 1.807) is 6.07 Å². The van der Waals surface area contributed by atoms with Gasteiger partial charge in [0, 0.05) is 5.02 Å². The zero-order chi connectivity index (χ0) is 18.7. The minimum Gasteiger partial charge on any atom is -0.479 e. The summed E-state index contributed by atoms with van der Waals surface area (Å²) in [6.07, 6.45) is -0.932. The molecule has 9 heteroatoms. The largest absolute Gasteiger partial charge is 0.479 e. The maximum absolute atomic E-state index is 12.3. The number of hydrogen-bond acceptors (Lipinski definition) is 3. The summed E-state index contributed by atoms with van der Waals surface area (Å²) in [5, 5.41) is 12.3. The first kappa shape index (κ1) is 19.7. The maximum atomic E-state index is 12.3. The molecule has 2 N–H and O–H groups in total. The van der Waals surface area contributed by atoms with E-state index in [1.807, 2.05) is 0 Å². The highest BCUT2D eigenvalue weighted by Crippen LogP contribution is 2.31. The van der Waals surface area contributed by atoms with Crippen molar-refractivity contribution < 1.29 is 19.4 Å². The van der Waals surface area contributed by atoms with Crippen molar-refractivity contribution in [3.8, 4) is 5.75 Å². The van der Waals surface area contributed by atoms with Gasteiger partial charge in [0.05, 0.1) is 26.3 Å². The number of anilines is 1. The fraction of sp³-hybridized carbons (Fsp3) is 0.125. The normalized spacial score (nSPS) is 11.7. The van der Waals surface area contributed by atoms with E-state index < -0.39 is 18.0 Å². The summed E-state index contributed by atoms with van der Waals surface area (Å²) in [7, 11) is 0. The Kier molecular flexibility index (Phi) is 6.41. The third-order valence-corrected chi connectivity index (χ3v) is 4.27. The van der Waals surface area contributed by atoms with Gasteiger partial charge in [-0.2, -0.15) is 0 Å². The van der Waals surface area contributed by atoms with Crippen molar-refractivity contribution >= 4 is 64.0 Å². The highest BCUT2D eigenvalue weighted by atomic mass is 35.5. The number of rotatable bonds is 5. The molecular weight excluding hydrogens is 412 g/mol. The molecule has 5 nitrogen and oxygen atoms in total. The van der Waals surface area contributed by atoms with Gasteiger partial charge in [-0.05, 0) is 37.3 Å². The van der Waals surface area contributed by atoms with E-state index in [1.165, 1.54) is 31.2 Å². The zero-order valence-corrected chi connectivity index (χ0v) is 15.7. The van der Waals surface area contributed by atoms with Gasteiger partial charge in [0.1, 0.15) is 5.75 Å². The van der Waals surface area contributed by atoms with Crippen molar-refractivity contribution in [3.05, 3.63) is 56.0 Å². The lowest BCUT2D eigenvalue weighted by Gasteiger charge is -2.16. The van der Waals surface area contributed by atoms with Gasteiger partial charge in [-0.25, -0.2) is 4.79 Å².